The lowest BCUT2D eigenvalue weighted by Crippen LogP contribution is -2.54. The van der Waals surface area contributed by atoms with E-state index in [4.69, 9.17) is 0 Å². The van der Waals surface area contributed by atoms with Gasteiger partial charge in [-0.3, -0.25) is 4.79 Å². The first-order valence-corrected chi connectivity index (χ1v) is 7.17. The van der Waals surface area contributed by atoms with Crippen LogP contribution in [0.25, 0.3) is 0 Å². The monoisotopic (exact) mass is 310 g/mol. The van der Waals surface area contributed by atoms with E-state index in [2.05, 4.69) is 10.6 Å². The zero-order valence-corrected chi connectivity index (χ0v) is 14.4. The number of urea groups is 2. The molecule has 0 radical (unpaired) electrons. The number of Topliss-reactive ketones (excluding diaryl/α,β-unsaturated/α-hetero) is 1. The standard InChI is InChI=1S/C15H26N4O3/c1-9-11(16-13(21)18(4)5)10(20)8-15(2,3)12(9)17-14(22)19(6)7/h12H,8H2,1-7H3,(H,16,21)(H,17,22). The van der Waals surface area contributed by atoms with Crippen LogP contribution in [0.15, 0.2) is 11.3 Å². The van der Waals surface area contributed by atoms with E-state index in [1.54, 1.807) is 35.1 Å². The summed E-state index contributed by atoms with van der Waals surface area (Å²) in [6, 6.07) is -0.914. The molecule has 7 nitrogen and oxygen atoms in total. The summed E-state index contributed by atoms with van der Waals surface area (Å²) in [6.45, 7) is 5.63. The van der Waals surface area contributed by atoms with Crippen LogP contribution >= 0.6 is 0 Å². The third-order valence-corrected chi connectivity index (χ3v) is 3.82. The summed E-state index contributed by atoms with van der Waals surface area (Å²) in [5.41, 5.74) is 0.535. The average Bonchev–Trinajstić information content (AvgIpc) is 2.38. The van der Waals surface area contributed by atoms with Crippen LogP contribution in [-0.2, 0) is 4.79 Å². The molecule has 1 rings (SSSR count). The van der Waals surface area contributed by atoms with Crippen molar-refractivity contribution >= 4 is 17.8 Å². The number of ketones is 1. The molecule has 0 bridgehead atoms. The summed E-state index contributed by atoms with van der Waals surface area (Å²) < 4.78 is 0. The van der Waals surface area contributed by atoms with Crippen molar-refractivity contribution in [2.75, 3.05) is 28.2 Å². The number of allylic oxidation sites excluding steroid dienone is 1. The van der Waals surface area contributed by atoms with E-state index in [1.165, 1.54) is 9.80 Å². The number of carbonyl (C=O) groups excluding carboxylic acids is 3. The number of amides is 4. The minimum absolute atomic E-state index is 0.118. The molecule has 7 heteroatoms. The van der Waals surface area contributed by atoms with Crippen LogP contribution in [0.2, 0.25) is 0 Å². The van der Waals surface area contributed by atoms with Gasteiger partial charge in [-0.05, 0) is 17.9 Å². The average molecular weight is 310 g/mol. The Morgan fingerprint density at radius 3 is 2.05 bits per heavy atom. The van der Waals surface area contributed by atoms with Gasteiger partial charge in [0.25, 0.3) is 0 Å². The van der Waals surface area contributed by atoms with Gasteiger partial charge in [-0.2, -0.15) is 0 Å². The first-order valence-electron chi connectivity index (χ1n) is 7.17. The molecule has 1 atom stereocenters. The van der Waals surface area contributed by atoms with E-state index >= 15 is 0 Å². The molecule has 0 aromatic heterocycles. The molecule has 1 unspecified atom stereocenters. The number of hydrogen-bond donors (Lipinski definition) is 2. The van der Waals surface area contributed by atoms with Gasteiger partial charge in [0, 0.05) is 34.6 Å². The molecule has 1 aliphatic rings. The van der Waals surface area contributed by atoms with E-state index in [9.17, 15) is 14.4 Å². The largest absolute Gasteiger partial charge is 0.331 e. The van der Waals surface area contributed by atoms with Crippen molar-refractivity contribution in [1.29, 1.82) is 0 Å². The summed E-state index contributed by atoms with van der Waals surface area (Å²) in [4.78, 5) is 38.9. The molecular formula is C15H26N4O3. The van der Waals surface area contributed by atoms with Crippen LogP contribution in [0.3, 0.4) is 0 Å². The van der Waals surface area contributed by atoms with E-state index < -0.39 is 5.41 Å². The molecule has 4 amide bonds. The van der Waals surface area contributed by atoms with E-state index in [0.717, 1.165) is 0 Å². The Hall–Kier alpha value is -2.05. The first kappa shape index (κ1) is 18.0. The zero-order valence-electron chi connectivity index (χ0n) is 14.4. The minimum Gasteiger partial charge on any atom is -0.331 e. The number of carbonyl (C=O) groups is 3. The molecule has 124 valence electrons. The lowest BCUT2D eigenvalue weighted by atomic mass is 9.71. The fraction of sp³-hybridized carbons (Fsp3) is 0.667. The number of rotatable bonds is 2. The van der Waals surface area contributed by atoms with E-state index in [-0.39, 0.29) is 36.0 Å². The highest BCUT2D eigenvalue weighted by atomic mass is 16.2. The van der Waals surface area contributed by atoms with Crippen molar-refractivity contribution in [2.45, 2.75) is 33.2 Å². The molecule has 1 aliphatic carbocycles. The van der Waals surface area contributed by atoms with E-state index in [0.29, 0.717) is 5.57 Å². The van der Waals surface area contributed by atoms with Crippen LogP contribution in [0, 0.1) is 5.41 Å². The van der Waals surface area contributed by atoms with Crippen molar-refractivity contribution in [1.82, 2.24) is 20.4 Å². The Bertz CT molecular complexity index is 521. The van der Waals surface area contributed by atoms with Crippen molar-refractivity contribution in [3.05, 3.63) is 11.3 Å². The maximum Gasteiger partial charge on any atom is 0.321 e. The third-order valence-electron chi connectivity index (χ3n) is 3.82. The molecule has 0 spiro atoms. The summed E-state index contributed by atoms with van der Waals surface area (Å²) in [6.07, 6.45) is 0.256. The lowest BCUT2D eigenvalue weighted by Gasteiger charge is -2.40. The Labute approximate surface area is 131 Å². The van der Waals surface area contributed by atoms with Crippen molar-refractivity contribution in [2.24, 2.45) is 5.41 Å². The Morgan fingerprint density at radius 2 is 1.59 bits per heavy atom. The van der Waals surface area contributed by atoms with Gasteiger partial charge in [-0.25, -0.2) is 9.59 Å². The topological polar surface area (TPSA) is 81.8 Å². The predicted molar refractivity (Wildman–Crippen MR) is 84.3 cm³/mol. The van der Waals surface area contributed by atoms with Crippen molar-refractivity contribution in [3.8, 4) is 0 Å². The summed E-state index contributed by atoms with van der Waals surface area (Å²) in [5.74, 6) is -0.118. The van der Waals surface area contributed by atoms with Crippen molar-refractivity contribution < 1.29 is 14.4 Å². The van der Waals surface area contributed by atoms with Gasteiger partial charge in [0.1, 0.15) is 0 Å². The van der Waals surface area contributed by atoms with Crippen LogP contribution < -0.4 is 10.6 Å². The number of nitrogens with one attached hydrogen (secondary N) is 2. The van der Waals surface area contributed by atoms with Gasteiger partial charge >= 0.3 is 12.1 Å². The van der Waals surface area contributed by atoms with Crippen LogP contribution in [0.4, 0.5) is 9.59 Å². The molecule has 0 aromatic rings. The van der Waals surface area contributed by atoms with Gasteiger partial charge in [0.05, 0.1) is 11.7 Å². The molecule has 22 heavy (non-hydrogen) atoms. The van der Waals surface area contributed by atoms with Crippen LogP contribution in [0.5, 0.6) is 0 Å². The molecule has 2 N–H and O–H groups in total. The maximum absolute atomic E-state index is 12.3. The van der Waals surface area contributed by atoms with Crippen LogP contribution in [-0.4, -0.2) is 61.9 Å². The fourth-order valence-electron chi connectivity index (χ4n) is 2.50. The summed E-state index contributed by atoms with van der Waals surface area (Å²) in [5, 5.41) is 5.56. The van der Waals surface area contributed by atoms with Crippen LogP contribution in [0.1, 0.15) is 27.2 Å². The first-order chi connectivity index (χ1) is 9.97. The second kappa shape index (κ2) is 6.37. The number of hydrogen-bond acceptors (Lipinski definition) is 3. The molecule has 0 aliphatic heterocycles. The quantitative estimate of drug-likeness (QED) is 0.803. The zero-order chi connectivity index (χ0) is 17.2. The van der Waals surface area contributed by atoms with E-state index in [1.807, 2.05) is 13.8 Å². The second-order valence-electron chi connectivity index (χ2n) is 6.75. The highest BCUT2D eigenvalue weighted by Crippen LogP contribution is 2.36. The van der Waals surface area contributed by atoms with Gasteiger partial charge in [0.15, 0.2) is 5.78 Å². The summed E-state index contributed by atoms with van der Waals surface area (Å²) >= 11 is 0. The lowest BCUT2D eigenvalue weighted by molar-refractivity contribution is -0.118. The predicted octanol–water partition coefficient (Wildman–Crippen LogP) is 1.17. The van der Waals surface area contributed by atoms with Crippen molar-refractivity contribution in [3.63, 3.8) is 0 Å². The molecule has 0 saturated carbocycles. The van der Waals surface area contributed by atoms with Gasteiger partial charge in [-0.15, -0.1) is 0 Å². The molecule has 0 aromatic carbocycles. The van der Waals surface area contributed by atoms with Gasteiger partial charge in [0.2, 0.25) is 0 Å². The molecule has 0 saturated heterocycles. The van der Waals surface area contributed by atoms with Gasteiger partial charge in [-0.1, -0.05) is 13.8 Å². The van der Waals surface area contributed by atoms with Gasteiger partial charge < -0.3 is 20.4 Å². The number of nitrogens with zero attached hydrogens (tertiary/aromatic N) is 2. The Kier molecular flexibility index (Phi) is 5.22. The highest BCUT2D eigenvalue weighted by Gasteiger charge is 2.41. The molecule has 0 heterocycles. The SMILES string of the molecule is CC1=C(NC(=O)N(C)C)C(=O)CC(C)(C)C1NC(=O)N(C)C. The highest BCUT2D eigenvalue weighted by molar-refractivity contribution is 6.01. The molecule has 0 fully saturated rings. The smallest absolute Gasteiger partial charge is 0.321 e. The Morgan fingerprint density at radius 1 is 1.09 bits per heavy atom. The normalized spacial score (nSPS) is 20.5. The second-order valence-corrected chi connectivity index (χ2v) is 6.75. The molecular weight excluding hydrogens is 284 g/mol. The maximum atomic E-state index is 12.3. The minimum atomic E-state index is -0.417. The fourth-order valence-corrected chi connectivity index (χ4v) is 2.50. The summed E-state index contributed by atoms with van der Waals surface area (Å²) in [7, 11) is 6.52. The Balaban J connectivity index is 3.15. The third kappa shape index (κ3) is 3.78.